The molecule has 0 aliphatic heterocycles. The summed E-state index contributed by atoms with van der Waals surface area (Å²) in [7, 11) is 0. The molecule has 0 bridgehead atoms. The van der Waals surface area contributed by atoms with E-state index in [1.54, 1.807) is 0 Å². The van der Waals surface area contributed by atoms with Gasteiger partial charge in [0.15, 0.2) is 0 Å². The summed E-state index contributed by atoms with van der Waals surface area (Å²) in [4.78, 5) is 2.01. The fraction of sp³-hybridized carbons (Fsp3) is 0.167. The van der Waals surface area contributed by atoms with Gasteiger partial charge in [-0.2, -0.15) is 0 Å². The van der Waals surface area contributed by atoms with Gasteiger partial charge in [-0.15, -0.1) is 0 Å². The van der Waals surface area contributed by atoms with Gasteiger partial charge in [0.1, 0.15) is 0 Å². The van der Waals surface area contributed by atoms with Crippen molar-refractivity contribution >= 4 is 5.69 Å². The number of hydrogen-bond acceptors (Lipinski definition) is 1. The van der Waals surface area contributed by atoms with Gasteiger partial charge in [-0.1, -0.05) is 30.4 Å². The molecule has 0 atom stereocenters. The van der Waals surface area contributed by atoms with Crippen LogP contribution in [-0.4, -0.2) is 0 Å². The van der Waals surface area contributed by atoms with Crippen molar-refractivity contribution in [2.75, 3.05) is 4.90 Å². The van der Waals surface area contributed by atoms with Gasteiger partial charge >= 0.3 is 0 Å². The molecule has 0 aliphatic rings. The van der Waals surface area contributed by atoms with Crippen LogP contribution in [0.3, 0.4) is 0 Å². The Kier molecular flexibility index (Phi) is 3.32. The largest absolute Gasteiger partial charge is 0.325 e. The molecule has 1 heteroatoms. The Balaban J connectivity index is 2.92. The second kappa shape index (κ2) is 4.51. The van der Waals surface area contributed by atoms with Crippen LogP contribution in [0.2, 0.25) is 0 Å². The summed E-state index contributed by atoms with van der Waals surface area (Å²) >= 11 is 0. The third-order valence-corrected chi connectivity index (χ3v) is 1.65. The van der Waals surface area contributed by atoms with Crippen LogP contribution in [0.4, 0.5) is 5.69 Å². The standard InChI is InChI=1S/C12H15N/c1-4-13(10-11(2)3)12-8-6-5-7-9-12/h4-10H,1H2,2-3H3. The Morgan fingerprint density at radius 1 is 1.23 bits per heavy atom. The third-order valence-electron chi connectivity index (χ3n) is 1.65. The number of hydrogen-bond donors (Lipinski definition) is 0. The first-order valence-electron chi connectivity index (χ1n) is 4.35. The second-order valence-electron chi connectivity index (χ2n) is 3.13. The van der Waals surface area contributed by atoms with Gasteiger partial charge in [-0.05, 0) is 26.0 Å². The van der Waals surface area contributed by atoms with E-state index in [0.29, 0.717) is 0 Å². The molecule has 1 rings (SSSR count). The summed E-state index contributed by atoms with van der Waals surface area (Å²) in [6.07, 6.45) is 3.87. The molecule has 0 spiro atoms. The van der Waals surface area contributed by atoms with E-state index in [2.05, 4.69) is 38.8 Å². The van der Waals surface area contributed by atoms with E-state index < -0.39 is 0 Å². The Morgan fingerprint density at radius 3 is 2.31 bits per heavy atom. The second-order valence-corrected chi connectivity index (χ2v) is 3.13. The van der Waals surface area contributed by atoms with Crippen LogP contribution in [0.15, 0.2) is 54.9 Å². The van der Waals surface area contributed by atoms with Crippen molar-refractivity contribution in [3.8, 4) is 0 Å². The normalized spacial score (nSPS) is 9.08. The predicted octanol–water partition coefficient (Wildman–Crippen LogP) is 3.56. The molecule has 1 aromatic carbocycles. The monoisotopic (exact) mass is 173 g/mol. The summed E-state index contributed by atoms with van der Waals surface area (Å²) in [5.74, 6) is 0. The van der Waals surface area contributed by atoms with Crippen LogP contribution < -0.4 is 4.90 Å². The molecule has 0 saturated heterocycles. The van der Waals surface area contributed by atoms with E-state index in [9.17, 15) is 0 Å². The lowest BCUT2D eigenvalue weighted by molar-refractivity contribution is 1.22. The van der Waals surface area contributed by atoms with E-state index in [4.69, 9.17) is 0 Å². The molecule has 0 saturated carbocycles. The summed E-state index contributed by atoms with van der Waals surface area (Å²) in [6.45, 7) is 7.91. The predicted molar refractivity (Wildman–Crippen MR) is 58.5 cm³/mol. The minimum Gasteiger partial charge on any atom is -0.325 e. The zero-order valence-corrected chi connectivity index (χ0v) is 8.20. The van der Waals surface area contributed by atoms with E-state index >= 15 is 0 Å². The Labute approximate surface area is 80.0 Å². The number of para-hydroxylation sites is 1. The van der Waals surface area contributed by atoms with Crippen molar-refractivity contribution in [3.05, 3.63) is 54.9 Å². The van der Waals surface area contributed by atoms with Crippen molar-refractivity contribution in [3.63, 3.8) is 0 Å². The molecule has 0 N–H and O–H groups in total. The van der Waals surface area contributed by atoms with Gasteiger partial charge < -0.3 is 4.90 Å². The van der Waals surface area contributed by atoms with Crippen molar-refractivity contribution in [1.29, 1.82) is 0 Å². The van der Waals surface area contributed by atoms with Crippen molar-refractivity contribution in [1.82, 2.24) is 0 Å². The molecule has 0 heterocycles. The fourth-order valence-corrected chi connectivity index (χ4v) is 1.11. The zero-order valence-electron chi connectivity index (χ0n) is 8.20. The maximum Gasteiger partial charge on any atom is 0.0449 e. The summed E-state index contributed by atoms with van der Waals surface area (Å²) < 4.78 is 0. The number of anilines is 1. The molecule has 1 aromatic rings. The van der Waals surface area contributed by atoms with Crippen molar-refractivity contribution in [2.24, 2.45) is 0 Å². The van der Waals surface area contributed by atoms with Gasteiger partial charge in [0.2, 0.25) is 0 Å². The number of benzene rings is 1. The SMILES string of the molecule is C=CN(C=C(C)C)c1ccccc1. The minimum absolute atomic E-state index is 1.14. The third kappa shape index (κ3) is 2.79. The van der Waals surface area contributed by atoms with Crippen LogP contribution in [0.1, 0.15) is 13.8 Å². The van der Waals surface area contributed by atoms with Crippen LogP contribution in [0.5, 0.6) is 0 Å². The van der Waals surface area contributed by atoms with Gasteiger partial charge in [0.05, 0.1) is 0 Å². The molecule has 68 valence electrons. The van der Waals surface area contributed by atoms with Gasteiger partial charge in [-0.25, -0.2) is 0 Å². The number of rotatable bonds is 3. The van der Waals surface area contributed by atoms with Gasteiger partial charge in [-0.3, -0.25) is 0 Å². The Morgan fingerprint density at radius 2 is 1.85 bits per heavy atom. The average Bonchev–Trinajstić information content (AvgIpc) is 2.15. The van der Waals surface area contributed by atoms with Crippen LogP contribution in [0, 0.1) is 0 Å². The van der Waals surface area contributed by atoms with E-state index in [1.165, 1.54) is 5.57 Å². The fourth-order valence-electron chi connectivity index (χ4n) is 1.11. The summed E-state index contributed by atoms with van der Waals surface area (Å²) in [5, 5.41) is 0. The first-order chi connectivity index (χ1) is 6.24. The quantitative estimate of drug-likeness (QED) is 0.675. The highest BCUT2D eigenvalue weighted by molar-refractivity contribution is 5.51. The highest BCUT2D eigenvalue weighted by Gasteiger charge is 1.96. The zero-order chi connectivity index (χ0) is 9.68. The van der Waals surface area contributed by atoms with Gasteiger partial charge in [0.25, 0.3) is 0 Å². The van der Waals surface area contributed by atoms with Crippen LogP contribution in [0.25, 0.3) is 0 Å². The maximum atomic E-state index is 3.77. The molecular weight excluding hydrogens is 158 g/mol. The summed E-state index contributed by atoms with van der Waals surface area (Å²) in [6, 6.07) is 10.2. The molecule has 0 aliphatic carbocycles. The molecule has 0 amide bonds. The van der Waals surface area contributed by atoms with Crippen LogP contribution in [-0.2, 0) is 0 Å². The van der Waals surface area contributed by atoms with E-state index in [1.807, 2.05) is 29.3 Å². The molecule has 0 aromatic heterocycles. The molecule has 0 radical (unpaired) electrons. The first-order valence-corrected chi connectivity index (χ1v) is 4.35. The summed E-state index contributed by atoms with van der Waals surface area (Å²) in [5.41, 5.74) is 2.39. The first kappa shape index (κ1) is 9.59. The van der Waals surface area contributed by atoms with E-state index in [-0.39, 0.29) is 0 Å². The lowest BCUT2D eigenvalue weighted by Crippen LogP contribution is -2.06. The number of nitrogens with zero attached hydrogens (tertiary/aromatic N) is 1. The highest BCUT2D eigenvalue weighted by atomic mass is 15.1. The Hall–Kier alpha value is -1.50. The minimum atomic E-state index is 1.14. The molecule has 13 heavy (non-hydrogen) atoms. The van der Waals surface area contributed by atoms with Crippen molar-refractivity contribution in [2.45, 2.75) is 13.8 Å². The molecular formula is C12H15N. The molecule has 1 nitrogen and oxygen atoms in total. The topological polar surface area (TPSA) is 3.24 Å². The van der Waals surface area contributed by atoms with E-state index in [0.717, 1.165) is 5.69 Å². The van der Waals surface area contributed by atoms with Gasteiger partial charge in [0, 0.05) is 18.1 Å². The smallest absolute Gasteiger partial charge is 0.0449 e. The highest BCUT2D eigenvalue weighted by Crippen LogP contribution is 2.14. The lowest BCUT2D eigenvalue weighted by Gasteiger charge is -2.15. The van der Waals surface area contributed by atoms with Crippen LogP contribution >= 0.6 is 0 Å². The maximum absolute atomic E-state index is 3.77. The van der Waals surface area contributed by atoms with Crippen molar-refractivity contribution < 1.29 is 0 Å². The molecule has 0 fully saturated rings. The Bertz CT molecular complexity index is 294. The average molecular weight is 173 g/mol. The molecule has 0 unspecified atom stereocenters. The lowest BCUT2D eigenvalue weighted by atomic mass is 10.3. The number of allylic oxidation sites excluding steroid dienone is 1.